The summed E-state index contributed by atoms with van der Waals surface area (Å²) in [6.45, 7) is 4.07. The van der Waals surface area contributed by atoms with Gasteiger partial charge in [0.05, 0.1) is 23.4 Å². The van der Waals surface area contributed by atoms with E-state index < -0.39 is 11.9 Å². The Hall–Kier alpha value is -3.45. The van der Waals surface area contributed by atoms with Gasteiger partial charge in [0.25, 0.3) is 0 Å². The Kier molecular flexibility index (Phi) is 5.97. The number of rotatable bonds is 4. The number of anilines is 2. The number of halogens is 1. The minimum absolute atomic E-state index is 0.0510. The van der Waals surface area contributed by atoms with Gasteiger partial charge in [-0.2, -0.15) is 0 Å². The highest BCUT2D eigenvalue weighted by Crippen LogP contribution is 2.40. The molecule has 2 fully saturated rings. The highest BCUT2D eigenvalue weighted by atomic mass is 35.5. The van der Waals surface area contributed by atoms with Gasteiger partial charge in [-0.15, -0.1) is 0 Å². The molecule has 0 radical (unpaired) electrons. The fraction of sp³-hybridized carbons (Fsp3) is 0.333. The number of esters is 1. The predicted molar refractivity (Wildman–Crippen MR) is 131 cm³/mol. The zero-order chi connectivity index (χ0) is 24.9. The molecule has 0 bridgehead atoms. The van der Waals surface area contributed by atoms with Gasteiger partial charge in [-0.05, 0) is 68.7 Å². The Morgan fingerprint density at radius 3 is 2.34 bits per heavy atom. The van der Waals surface area contributed by atoms with Crippen LogP contribution in [0.5, 0.6) is 5.75 Å². The van der Waals surface area contributed by atoms with Crippen LogP contribution in [-0.2, 0) is 19.2 Å². The van der Waals surface area contributed by atoms with E-state index in [1.54, 1.807) is 41.3 Å². The van der Waals surface area contributed by atoms with Crippen molar-refractivity contribution in [1.82, 2.24) is 0 Å². The number of hydrogen-bond acceptors (Lipinski definition) is 5. The number of amides is 3. The maximum absolute atomic E-state index is 12.9. The van der Waals surface area contributed by atoms with Crippen LogP contribution >= 0.6 is 11.6 Å². The molecule has 0 aromatic heterocycles. The van der Waals surface area contributed by atoms with Crippen LogP contribution in [0.25, 0.3) is 0 Å². The Labute approximate surface area is 208 Å². The maximum atomic E-state index is 12.9. The molecular formula is C27H25ClN2O5. The minimum atomic E-state index is -0.608. The summed E-state index contributed by atoms with van der Waals surface area (Å²) in [5.74, 6) is -1.98. The summed E-state index contributed by atoms with van der Waals surface area (Å²) in [4.78, 5) is 53.8. The summed E-state index contributed by atoms with van der Waals surface area (Å²) in [6, 6.07) is 11.7. The van der Waals surface area contributed by atoms with Gasteiger partial charge >= 0.3 is 5.97 Å². The molecule has 2 heterocycles. The van der Waals surface area contributed by atoms with Crippen molar-refractivity contribution in [3.05, 3.63) is 64.7 Å². The number of imide groups is 1. The molecule has 2 aromatic rings. The molecule has 0 spiro atoms. The van der Waals surface area contributed by atoms with E-state index in [1.165, 1.54) is 4.90 Å². The fourth-order valence-electron chi connectivity index (χ4n) is 5.02. The van der Waals surface area contributed by atoms with E-state index in [0.717, 1.165) is 11.1 Å². The van der Waals surface area contributed by atoms with Gasteiger partial charge in [-0.25, -0.2) is 0 Å². The van der Waals surface area contributed by atoms with E-state index >= 15 is 0 Å². The van der Waals surface area contributed by atoms with Gasteiger partial charge < -0.3 is 9.64 Å². The summed E-state index contributed by atoms with van der Waals surface area (Å²) in [5, 5.41) is 0.557. The quantitative estimate of drug-likeness (QED) is 0.272. The molecule has 2 aromatic carbocycles. The first kappa shape index (κ1) is 23.3. The van der Waals surface area contributed by atoms with Crippen molar-refractivity contribution in [2.75, 3.05) is 16.3 Å². The second-order valence-electron chi connectivity index (χ2n) is 9.47. The first-order valence-corrected chi connectivity index (χ1v) is 12.0. The van der Waals surface area contributed by atoms with Crippen LogP contribution in [0.4, 0.5) is 11.4 Å². The lowest BCUT2D eigenvalue weighted by Crippen LogP contribution is -2.30. The van der Waals surface area contributed by atoms with Gasteiger partial charge in [-0.1, -0.05) is 29.3 Å². The number of benzene rings is 2. The molecule has 8 heteroatoms. The van der Waals surface area contributed by atoms with E-state index in [0.29, 0.717) is 29.2 Å². The third-order valence-electron chi connectivity index (χ3n) is 7.06. The van der Waals surface area contributed by atoms with Crippen molar-refractivity contribution < 1.29 is 23.9 Å². The molecule has 0 saturated carbocycles. The number of aryl methyl sites for hydroxylation is 1. The standard InChI is InChI=1S/C27H25ClN2O5/c1-15-3-10-21-22(11-15)26(33)30(25(21)32)18-6-8-20(9-7-18)35-27(34)17-12-24(31)29(14-17)19-5-4-16(2)23(28)13-19/h3-9,13,17,21-22H,10-12,14H2,1-2H3/t17-,21-,22-/m0/s1. The number of fused-ring (bicyclic) bond motifs is 1. The smallest absolute Gasteiger partial charge is 0.316 e. The molecule has 7 nitrogen and oxygen atoms in total. The molecule has 0 unspecified atom stereocenters. The Balaban J connectivity index is 1.24. The van der Waals surface area contributed by atoms with Crippen molar-refractivity contribution in [1.29, 1.82) is 0 Å². The summed E-state index contributed by atoms with van der Waals surface area (Å²) in [5.41, 5.74) is 3.15. The van der Waals surface area contributed by atoms with E-state index in [2.05, 4.69) is 0 Å². The summed E-state index contributed by atoms with van der Waals surface area (Å²) in [7, 11) is 0. The average Bonchev–Trinajstić information content (AvgIpc) is 3.34. The lowest BCUT2D eigenvalue weighted by Gasteiger charge is -2.18. The first-order valence-electron chi connectivity index (χ1n) is 11.6. The maximum Gasteiger partial charge on any atom is 0.316 e. The number of carbonyl (C=O) groups is 4. The largest absolute Gasteiger partial charge is 0.426 e. The third kappa shape index (κ3) is 4.25. The van der Waals surface area contributed by atoms with Crippen LogP contribution < -0.4 is 14.5 Å². The molecule has 2 saturated heterocycles. The molecule has 3 aliphatic rings. The SMILES string of the molecule is CC1=CC[C@@H]2C(=O)N(c3ccc(OC(=O)[C@H]4CC(=O)N(c5ccc(C)c(Cl)c5)C4)cc3)C(=O)[C@H]2C1. The Morgan fingerprint density at radius 1 is 0.943 bits per heavy atom. The van der Waals surface area contributed by atoms with Gasteiger partial charge in [0.15, 0.2) is 0 Å². The summed E-state index contributed by atoms with van der Waals surface area (Å²) in [6.07, 6.45) is 3.27. The topological polar surface area (TPSA) is 84.0 Å². The highest BCUT2D eigenvalue weighted by molar-refractivity contribution is 6.31. The van der Waals surface area contributed by atoms with E-state index in [4.69, 9.17) is 16.3 Å². The molecule has 3 atom stereocenters. The second-order valence-corrected chi connectivity index (χ2v) is 9.88. The molecule has 180 valence electrons. The number of hydrogen-bond donors (Lipinski definition) is 0. The fourth-order valence-corrected chi connectivity index (χ4v) is 5.19. The van der Waals surface area contributed by atoms with Gasteiger partial charge in [0.2, 0.25) is 17.7 Å². The number of allylic oxidation sites excluding steroid dienone is 2. The van der Waals surface area contributed by atoms with E-state index in [9.17, 15) is 19.2 Å². The van der Waals surface area contributed by atoms with Gasteiger partial charge in [0.1, 0.15) is 5.75 Å². The van der Waals surface area contributed by atoms with Crippen LogP contribution in [-0.4, -0.2) is 30.2 Å². The van der Waals surface area contributed by atoms with Crippen LogP contribution in [0, 0.1) is 24.7 Å². The highest BCUT2D eigenvalue weighted by Gasteiger charge is 2.48. The van der Waals surface area contributed by atoms with Crippen LogP contribution in [0.1, 0.15) is 31.7 Å². The normalized spacial score (nSPS) is 24.0. The molecule has 3 amide bonds. The second kappa shape index (κ2) is 8.96. The lowest BCUT2D eigenvalue weighted by atomic mass is 9.82. The minimum Gasteiger partial charge on any atom is -0.426 e. The third-order valence-corrected chi connectivity index (χ3v) is 7.47. The number of ether oxygens (including phenoxy) is 1. The average molecular weight is 493 g/mol. The van der Waals surface area contributed by atoms with Crippen molar-refractivity contribution in [2.24, 2.45) is 17.8 Å². The van der Waals surface area contributed by atoms with Crippen LogP contribution in [0.3, 0.4) is 0 Å². The number of carbonyl (C=O) groups excluding carboxylic acids is 4. The predicted octanol–water partition coefficient (Wildman–Crippen LogP) is 4.45. The van der Waals surface area contributed by atoms with E-state index in [1.807, 2.05) is 26.0 Å². The Morgan fingerprint density at radius 2 is 1.63 bits per heavy atom. The Bertz CT molecular complexity index is 1270. The van der Waals surface area contributed by atoms with Gasteiger partial charge in [0, 0.05) is 23.7 Å². The molecule has 2 aliphatic heterocycles. The zero-order valence-corrected chi connectivity index (χ0v) is 20.2. The molecule has 0 N–H and O–H groups in total. The molecule has 35 heavy (non-hydrogen) atoms. The number of nitrogens with zero attached hydrogens (tertiary/aromatic N) is 2. The van der Waals surface area contributed by atoms with Crippen molar-refractivity contribution in [2.45, 2.75) is 33.1 Å². The summed E-state index contributed by atoms with van der Waals surface area (Å²) >= 11 is 6.19. The van der Waals surface area contributed by atoms with Crippen LogP contribution in [0.15, 0.2) is 54.1 Å². The molecular weight excluding hydrogens is 468 g/mol. The lowest BCUT2D eigenvalue weighted by molar-refractivity contribution is -0.139. The van der Waals surface area contributed by atoms with E-state index in [-0.39, 0.29) is 48.3 Å². The van der Waals surface area contributed by atoms with Crippen molar-refractivity contribution in [3.63, 3.8) is 0 Å². The van der Waals surface area contributed by atoms with Crippen molar-refractivity contribution >= 4 is 46.7 Å². The molecule has 1 aliphatic carbocycles. The van der Waals surface area contributed by atoms with Crippen LogP contribution in [0.2, 0.25) is 5.02 Å². The summed E-state index contributed by atoms with van der Waals surface area (Å²) < 4.78 is 5.51. The van der Waals surface area contributed by atoms with Crippen molar-refractivity contribution in [3.8, 4) is 5.75 Å². The molecule has 5 rings (SSSR count). The monoisotopic (exact) mass is 492 g/mol. The zero-order valence-electron chi connectivity index (χ0n) is 19.5. The first-order chi connectivity index (χ1) is 16.7. The van der Waals surface area contributed by atoms with Gasteiger partial charge in [-0.3, -0.25) is 24.1 Å².